The molecule has 110 valence electrons. The fourth-order valence-corrected chi connectivity index (χ4v) is 2.46. The molecule has 0 atom stereocenters. The molecule has 2 aromatic rings. The van der Waals surface area contributed by atoms with E-state index in [0.29, 0.717) is 17.3 Å². The van der Waals surface area contributed by atoms with E-state index in [1.165, 1.54) is 0 Å². The summed E-state index contributed by atoms with van der Waals surface area (Å²) in [5, 5.41) is 0.786. The molecule has 1 fully saturated rings. The Morgan fingerprint density at radius 2 is 2.05 bits per heavy atom. The summed E-state index contributed by atoms with van der Waals surface area (Å²) < 4.78 is 0. The van der Waals surface area contributed by atoms with Gasteiger partial charge in [-0.2, -0.15) is 4.98 Å². The predicted molar refractivity (Wildman–Crippen MR) is 79.9 cm³/mol. The highest BCUT2D eigenvalue weighted by molar-refractivity contribution is 5.85. The first-order chi connectivity index (χ1) is 10.1. The van der Waals surface area contributed by atoms with Gasteiger partial charge in [-0.3, -0.25) is 4.79 Å². The van der Waals surface area contributed by atoms with E-state index in [1.807, 2.05) is 12.1 Å². The number of aromatic nitrogens is 3. The van der Waals surface area contributed by atoms with E-state index in [0.717, 1.165) is 31.6 Å². The number of hydrogen-bond donors (Lipinski definition) is 1. The maximum atomic E-state index is 11.3. The van der Waals surface area contributed by atoms with Crippen molar-refractivity contribution in [2.24, 2.45) is 5.73 Å². The monoisotopic (exact) mass is 286 g/mol. The van der Waals surface area contributed by atoms with Crippen molar-refractivity contribution >= 4 is 22.9 Å². The van der Waals surface area contributed by atoms with Crippen LogP contribution in [-0.2, 0) is 11.2 Å². The molecule has 0 saturated carbocycles. The molecule has 0 radical (unpaired) electrons. The summed E-state index contributed by atoms with van der Waals surface area (Å²) in [5.74, 6) is 0.230. The van der Waals surface area contributed by atoms with E-state index >= 15 is 0 Å². The third kappa shape index (κ3) is 2.92. The second-order valence-corrected chi connectivity index (χ2v) is 5.28. The lowest BCUT2D eigenvalue weighted by atomic mass is 10.2. The van der Waals surface area contributed by atoms with Crippen molar-refractivity contribution in [2.75, 3.05) is 38.1 Å². The van der Waals surface area contributed by atoms with Crippen LogP contribution in [0.3, 0.4) is 0 Å². The Labute approximate surface area is 122 Å². The van der Waals surface area contributed by atoms with Crippen molar-refractivity contribution in [3.8, 4) is 0 Å². The minimum absolute atomic E-state index is 0.103. The second-order valence-electron chi connectivity index (χ2n) is 5.28. The van der Waals surface area contributed by atoms with Crippen molar-refractivity contribution in [1.82, 2.24) is 19.9 Å². The van der Waals surface area contributed by atoms with Gasteiger partial charge in [0.15, 0.2) is 5.65 Å². The Morgan fingerprint density at radius 3 is 2.76 bits per heavy atom. The molecule has 1 aliphatic heterocycles. The largest absolute Gasteiger partial charge is 0.369 e. The average molecular weight is 286 g/mol. The van der Waals surface area contributed by atoms with Crippen molar-refractivity contribution in [3.63, 3.8) is 0 Å². The zero-order chi connectivity index (χ0) is 14.8. The Morgan fingerprint density at radius 1 is 1.29 bits per heavy atom. The first-order valence-electron chi connectivity index (χ1n) is 6.97. The quantitative estimate of drug-likeness (QED) is 0.841. The van der Waals surface area contributed by atoms with Crippen LogP contribution in [0.4, 0.5) is 5.95 Å². The van der Waals surface area contributed by atoms with Crippen LogP contribution in [-0.4, -0.2) is 59.0 Å². The smallest absolute Gasteiger partial charge is 0.227 e. The molecule has 0 unspecified atom stereocenters. The van der Waals surface area contributed by atoms with Crippen molar-refractivity contribution in [2.45, 2.75) is 6.42 Å². The number of piperazine rings is 1. The molecule has 0 aliphatic carbocycles. The molecular weight excluding hydrogens is 268 g/mol. The topological polar surface area (TPSA) is 88.2 Å². The van der Waals surface area contributed by atoms with Crippen molar-refractivity contribution < 1.29 is 4.79 Å². The van der Waals surface area contributed by atoms with Crippen LogP contribution in [0.25, 0.3) is 11.0 Å². The molecule has 2 N–H and O–H groups in total. The summed E-state index contributed by atoms with van der Waals surface area (Å²) in [6, 6.07) is 3.68. The number of primary amides is 1. The molecule has 2 aromatic heterocycles. The van der Waals surface area contributed by atoms with Gasteiger partial charge in [-0.15, -0.1) is 0 Å². The summed E-state index contributed by atoms with van der Waals surface area (Å²) >= 11 is 0. The molecular formula is C14H18N6O. The fourth-order valence-electron chi connectivity index (χ4n) is 2.46. The lowest BCUT2D eigenvalue weighted by Gasteiger charge is -2.32. The van der Waals surface area contributed by atoms with E-state index in [9.17, 15) is 4.79 Å². The van der Waals surface area contributed by atoms with Crippen molar-refractivity contribution in [3.05, 3.63) is 24.0 Å². The number of amides is 1. The van der Waals surface area contributed by atoms with Gasteiger partial charge in [-0.1, -0.05) is 0 Å². The highest BCUT2D eigenvalue weighted by atomic mass is 16.1. The van der Waals surface area contributed by atoms with Gasteiger partial charge in [0.1, 0.15) is 0 Å². The number of likely N-dealkylation sites (N-methyl/N-ethyl adjacent to an activating group) is 1. The van der Waals surface area contributed by atoms with E-state index in [4.69, 9.17) is 5.73 Å². The SMILES string of the molecule is CN1CCN(c2nc(CC(N)=O)c3cccnc3n2)CC1. The van der Waals surface area contributed by atoms with Gasteiger partial charge in [0.25, 0.3) is 0 Å². The number of rotatable bonds is 3. The summed E-state index contributed by atoms with van der Waals surface area (Å²) in [5.41, 5.74) is 6.58. The predicted octanol–water partition coefficient (Wildman–Crippen LogP) is -0.196. The van der Waals surface area contributed by atoms with E-state index in [2.05, 4.69) is 31.8 Å². The third-order valence-electron chi connectivity index (χ3n) is 3.67. The number of carbonyl (C=O) groups is 1. The standard InChI is InChI=1S/C14H18N6O/c1-19-5-7-20(8-6-19)14-17-11(9-12(15)21)10-3-2-4-16-13(10)18-14/h2-4H,5-9H2,1H3,(H2,15,21). The fraction of sp³-hybridized carbons (Fsp3) is 0.429. The summed E-state index contributed by atoms with van der Waals surface area (Å²) in [6.45, 7) is 3.67. The van der Waals surface area contributed by atoms with Crippen LogP contribution in [0.15, 0.2) is 18.3 Å². The number of fused-ring (bicyclic) bond motifs is 1. The zero-order valence-corrected chi connectivity index (χ0v) is 12.0. The van der Waals surface area contributed by atoms with Crippen LogP contribution in [0.2, 0.25) is 0 Å². The van der Waals surface area contributed by atoms with Gasteiger partial charge in [-0.05, 0) is 19.2 Å². The lowest BCUT2D eigenvalue weighted by Crippen LogP contribution is -2.45. The molecule has 7 heteroatoms. The Bertz CT molecular complexity index is 666. The Balaban J connectivity index is 2.01. The van der Waals surface area contributed by atoms with Crippen molar-refractivity contribution in [1.29, 1.82) is 0 Å². The number of anilines is 1. The minimum Gasteiger partial charge on any atom is -0.369 e. The molecule has 1 amide bonds. The first-order valence-corrected chi connectivity index (χ1v) is 6.97. The Hall–Kier alpha value is -2.28. The highest BCUT2D eigenvalue weighted by Gasteiger charge is 2.19. The number of nitrogens with zero attached hydrogens (tertiary/aromatic N) is 5. The Kier molecular flexibility index (Phi) is 3.66. The van der Waals surface area contributed by atoms with Gasteiger partial charge >= 0.3 is 0 Å². The van der Waals surface area contributed by atoms with Gasteiger partial charge < -0.3 is 15.5 Å². The maximum absolute atomic E-state index is 11.3. The van der Waals surface area contributed by atoms with Crippen LogP contribution in [0.1, 0.15) is 5.69 Å². The molecule has 0 spiro atoms. The average Bonchev–Trinajstić information content (AvgIpc) is 2.47. The van der Waals surface area contributed by atoms with Crippen LogP contribution in [0, 0.1) is 0 Å². The summed E-state index contributed by atoms with van der Waals surface area (Å²) in [6.07, 6.45) is 1.79. The second kappa shape index (κ2) is 5.61. The van der Waals surface area contributed by atoms with Gasteiger partial charge in [0, 0.05) is 37.8 Å². The number of nitrogens with two attached hydrogens (primary N) is 1. The minimum atomic E-state index is -0.400. The normalized spacial score (nSPS) is 16.3. The summed E-state index contributed by atoms with van der Waals surface area (Å²) in [4.78, 5) is 29.0. The molecule has 1 aliphatic rings. The summed E-state index contributed by atoms with van der Waals surface area (Å²) in [7, 11) is 2.10. The molecule has 7 nitrogen and oxygen atoms in total. The van der Waals surface area contributed by atoms with Crippen LogP contribution in [0.5, 0.6) is 0 Å². The first kappa shape index (κ1) is 13.7. The molecule has 3 heterocycles. The number of hydrogen-bond acceptors (Lipinski definition) is 6. The van der Waals surface area contributed by atoms with E-state index in [1.54, 1.807) is 6.20 Å². The number of pyridine rings is 1. The molecule has 3 rings (SSSR count). The van der Waals surface area contributed by atoms with Gasteiger partial charge in [0.05, 0.1) is 12.1 Å². The molecule has 21 heavy (non-hydrogen) atoms. The molecule has 0 aromatic carbocycles. The number of carbonyl (C=O) groups excluding carboxylic acids is 1. The third-order valence-corrected chi connectivity index (χ3v) is 3.67. The van der Waals surface area contributed by atoms with E-state index in [-0.39, 0.29) is 6.42 Å². The zero-order valence-electron chi connectivity index (χ0n) is 12.0. The van der Waals surface area contributed by atoms with Crippen LogP contribution >= 0.6 is 0 Å². The van der Waals surface area contributed by atoms with Gasteiger partial charge in [-0.25, -0.2) is 9.97 Å². The lowest BCUT2D eigenvalue weighted by molar-refractivity contribution is -0.117. The molecule has 0 bridgehead atoms. The molecule has 1 saturated heterocycles. The highest BCUT2D eigenvalue weighted by Crippen LogP contribution is 2.19. The maximum Gasteiger partial charge on any atom is 0.227 e. The van der Waals surface area contributed by atoms with Gasteiger partial charge in [0.2, 0.25) is 11.9 Å². The van der Waals surface area contributed by atoms with E-state index < -0.39 is 5.91 Å². The van der Waals surface area contributed by atoms with Crippen LogP contribution < -0.4 is 10.6 Å².